The number of rotatable bonds is 7. The molecule has 2 saturated heterocycles. The summed E-state index contributed by atoms with van der Waals surface area (Å²) < 4.78 is 46.1. The Hall–Kier alpha value is -3.32. The third-order valence-electron chi connectivity index (χ3n) is 5.79. The van der Waals surface area contributed by atoms with E-state index in [0.717, 1.165) is 0 Å². The van der Waals surface area contributed by atoms with Crippen LogP contribution >= 0.6 is 0 Å². The highest BCUT2D eigenvalue weighted by atomic mass is 16.8. The molecule has 3 aliphatic heterocycles. The van der Waals surface area contributed by atoms with Gasteiger partial charge in [-0.05, 0) is 31.2 Å². The molecule has 7 atom stereocenters. The second kappa shape index (κ2) is 9.74. The topological polar surface area (TPSA) is 144 Å². The summed E-state index contributed by atoms with van der Waals surface area (Å²) in [5.74, 6) is 0.354. The highest BCUT2D eigenvalue weighted by molar-refractivity contribution is 5.73. The number of furan rings is 1. The fourth-order valence-corrected chi connectivity index (χ4v) is 4.17. The molecule has 5 rings (SSSR count). The van der Waals surface area contributed by atoms with Gasteiger partial charge < -0.3 is 48.0 Å². The van der Waals surface area contributed by atoms with E-state index in [1.807, 2.05) is 0 Å². The number of benzene rings is 1. The molecule has 1 amide bonds. The number of carbonyl (C=O) groups is 2. The standard InChI is InChI=1S/C23H25NO11/c1-11(21(26)27)32-20-18(24-12(2)25)23(33-13-5-6-14-16(8-13)31-10-30-14)34-17-9-29-22(35-19(17)20)15-4-3-7-28-15/h3-8,11,17-20,22-23H,9-10H2,1-2H3,(H,24,25)(H,26,27). The number of carboxylic acid groups (broad SMARTS) is 1. The zero-order valence-electron chi connectivity index (χ0n) is 18.9. The van der Waals surface area contributed by atoms with E-state index in [0.29, 0.717) is 23.0 Å². The molecule has 0 aliphatic carbocycles. The summed E-state index contributed by atoms with van der Waals surface area (Å²) in [5, 5.41) is 12.3. The predicted molar refractivity (Wildman–Crippen MR) is 114 cm³/mol. The molecule has 0 bridgehead atoms. The Balaban J connectivity index is 1.44. The SMILES string of the molecule is CC(=O)NC1C(Oc2ccc3c(c2)OCO3)OC2COC(c3ccco3)OC2C1OC(C)C(=O)O. The van der Waals surface area contributed by atoms with Crippen LogP contribution in [0.4, 0.5) is 0 Å². The minimum atomic E-state index is -1.20. The number of amides is 1. The molecular formula is C23H25NO11. The van der Waals surface area contributed by atoms with Gasteiger partial charge in [0.25, 0.3) is 0 Å². The number of ether oxygens (including phenoxy) is 7. The van der Waals surface area contributed by atoms with E-state index >= 15 is 0 Å². The Morgan fingerprint density at radius 2 is 2.00 bits per heavy atom. The molecule has 3 aliphatic rings. The van der Waals surface area contributed by atoms with Crippen LogP contribution in [0.5, 0.6) is 17.2 Å². The van der Waals surface area contributed by atoms with Crippen LogP contribution in [0.1, 0.15) is 25.9 Å². The van der Waals surface area contributed by atoms with Crippen LogP contribution < -0.4 is 19.5 Å². The van der Waals surface area contributed by atoms with E-state index in [9.17, 15) is 14.7 Å². The summed E-state index contributed by atoms with van der Waals surface area (Å²) in [7, 11) is 0. The van der Waals surface area contributed by atoms with Gasteiger partial charge in [0, 0.05) is 13.0 Å². The zero-order chi connectivity index (χ0) is 24.5. The maximum absolute atomic E-state index is 12.1. The van der Waals surface area contributed by atoms with E-state index in [4.69, 9.17) is 37.6 Å². The van der Waals surface area contributed by atoms with Crippen LogP contribution in [0.25, 0.3) is 0 Å². The molecule has 0 radical (unpaired) electrons. The van der Waals surface area contributed by atoms with Gasteiger partial charge in [0.2, 0.25) is 25.3 Å². The lowest BCUT2D eigenvalue weighted by Gasteiger charge is -2.49. The molecule has 0 saturated carbocycles. The monoisotopic (exact) mass is 491 g/mol. The first-order valence-corrected chi connectivity index (χ1v) is 11.1. The Labute approximate surface area is 199 Å². The lowest BCUT2D eigenvalue weighted by atomic mass is 9.95. The summed E-state index contributed by atoms with van der Waals surface area (Å²) in [6.07, 6.45) is -4.06. The van der Waals surface area contributed by atoms with E-state index in [2.05, 4.69) is 5.32 Å². The van der Waals surface area contributed by atoms with Crippen molar-refractivity contribution in [2.24, 2.45) is 0 Å². The van der Waals surface area contributed by atoms with E-state index in [-0.39, 0.29) is 19.3 Å². The molecule has 2 fully saturated rings. The van der Waals surface area contributed by atoms with Crippen molar-refractivity contribution in [1.82, 2.24) is 5.32 Å². The normalized spacial score (nSPS) is 30.2. The summed E-state index contributed by atoms with van der Waals surface area (Å²) in [4.78, 5) is 23.7. The number of carbonyl (C=O) groups excluding carboxylic acids is 1. The van der Waals surface area contributed by atoms with Gasteiger partial charge in [-0.25, -0.2) is 4.79 Å². The van der Waals surface area contributed by atoms with Gasteiger partial charge in [-0.2, -0.15) is 0 Å². The fourth-order valence-electron chi connectivity index (χ4n) is 4.17. The number of hydrogen-bond acceptors (Lipinski definition) is 10. The van der Waals surface area contributed by atoms with E-state index in [1.54, 1.807) is 30.3 Å². The first-order valence-electron chi connectivity index (χ1n) is 11.1. The molecule has 7 unspecified atom stereocenters. The van der Waals surface area contributed by atoms with Crippen LogP contribution in [0.15, 0.2) is 41.0 Å². The second-order valence-corrected chi connectivity index (χ2v) is 8.26. The Morgan fingerprint density at radius 3 is 2.74 bits per heavy atom. The quantitative estimate of drug-likeness (QED) is 0.582. The van der Waals surface area contributed by atoms with E-state index in [1.165, 1.54) is 20.1 Å². The minimum Gasteiger partial charge on any atom is -0.479 e. The van der Waals surface area contributed by atoms with Gasteiger partial charge >= 0.3 is 5.97 Å². The molecule has 188 valence electrons. The third-order valence-corrected chi connectivity index (χ3v) is 5.79. The van der Waals surface area contributed by atoms with Crippen molar-refractivity contribution < 1.29 is 52.3 Å². The number of aliphatic carboxylic acids is 1. The maximum atomic E-state index is 12.1. The summed E-state index contributed by atoms with van der Waals surface area (Å²) in [5.41, 5.74) is 0. The average Bonchev–Trinajstić information content (AvgIpc) is 3.52. The van der Waals surface area contributed by atoms with Crippen molar-refractivity contribution >= 4 is 11.9 Å². The van der Waals surface area contributed by atoms with Gasteiger partial charge in [0.1, 0.15) is 30.1 Å². The van der Waals surface area contributed by atoms with Crippen LogP contribution in [-0.4, -0.2) is 67.1 Å². The average molecular weight is 491 g/mol. The molecular weight excluding hydrogens is 466 g/mol. The molecule has 4 heterocycles. The van der Waals surface area contributed by atoms with Crippen LogP contribution in [-0.2, 0) is 28.5 Å². The third kappa shape index (κ3) is 4.91. The predicted octanol–water partition coefficient (Wildman–Crippen LogP) is 1.59. The zero-order valence-corrected chi connectivity index (χ0v) is 18.9. The van der Waals surface area contributed by atoms with Crippen molar-refractivity contribution in [3.63, 3.8) is 0 Å². The summed E-state index contributed by atoms with van der Waals surface area (Å²) >= 11 is 0. The molecule has 2 aromatic rings. The summed E-state index contributed by atoms with van der Waals surface area (Å²) in [6, 6.07) is 7.47. The first kappa shape index (κ1) is 23.4. The van der Waals surface area contributed by atoms with Crippen molar-refractivity contribution in [2.75, 3.05) is 13.4 Å². The van der Waals surface area contributed by atoms with Crippen molar-refractivity contribution in [1.29, 1.82) is 0 Å². The maximum Gasteiger partial charge on any atom is 0.332 e. The number of hydrogen-bond donors (Lipinski definition) is 2. The fraction of sp³-hybridized carbons (Fsp3) is 0.478. The molecule has 35 heavy (non-hydrogen) atoms. The number of carboxylic acids is 1. The Kier molecular flexibility index (Phi) is 6.52. The van der Waals surface area contributed by atoms with Crippen molar-refractivity contribution in [3.05, 3.63) is 42.4 Å². The van der Waals surface area contributed by atoms with Crippen LogP contribution in [0, 0.1) is 0 Å². The van der Waals surface area contributed by atoms with Gasteiger partial charge in [-0.1, -0.05) is 0 Å². The van der Waals surface area contributed by atoms with Gasteiger partial charge in [-0.3, -0.25) is 4.79 Å². The van der Waals surface area contributed by atoms with Gasteiger partial charge in [0.15, 0.2) is 23.4 Å². The number of fused-ring (bicyclic) bond motifs is 2. The van der Waals surface area contributed by atoms with Crippen molar-refractivity contribution in [2.45, 2.75) is 56.9 Å². The highest BCUT2D eigenvalue weighted by Crippen LogP contribution is 2.39. The second-order valence-electron chi connectivity index (χ2n) is 8.26. The smallest absolute Gasteiger partial charge is 0.332 e. The number of nitrogens with one attached hydrogen (secondary N) is 1. The Bertz CT molecular complexity index is 1060. The van der Waals surface area contributed by atoms with Gasteiger partial charge in [-0.15, -0.1) is 0 Å². The van der Waals surface area contributed by atoms with Gasteiger partial charge in [0.05, 0.1) is 12.9 Å². The lowest BCUT2D eigenvalue weighted by Crippen LogP contribution is -2.68. The summed E-state index contributed by atoms with van der Waals surface area (Å²) in [6.45, 7) is 2.92. The van der Waals surface area contributed by atoms with E-state index < -0.39 is 49.0 Å². The largest absolute Gasteiger partial charge is 0.479 e. The molecule has 0 spiro atoms. The highest BCUT2D eigenvalue weighted by Gasteiger charge is 2.53. The molecule has 1 aromatic heterocycles. The van der Waals surface area contributed by atoms with Crippen LogP contribution in [0.3, 0.4) is 0 Å². The molecule has 12 nitrogen and oxygen atoms in total. The van der Waals surface area contributed by atoms with Crippen LogP contribution in [0.2, 0.25) is 0 Å². The molecule has 12 heteroatoms. The minimum absolute atomic E-state index is 0.0884. The lowest BCUT2D eigenvalue weighted by molar-refractivity contribution is -0.343. The van der Waals surface area contributed by atoms with Crippen molar-refractivity contribution in [3.8, 4) is 17.2 Å². The molecule has 2 N–H and O–H groups in total. The Morgan fingerprint density at radius 1 is 1.17 bits per heavy atom. The molecule has 1 aromatic carbocycles. The first-order chi connectivity index (χ1) is 16.9.